The van der Waals surface area contributed by atoms with Crippen LogP contribution in [-0.4, -0.2) is 18.3 Å². The van der Waals surface area contributed by atoms with Gasteiger partial charge in [-0.05, 0) is 18.2 Å². The van der Waals surface area contributed by atoms with Crippen LogP contribution in [0.15, 0.2) is 53.4 Å². The van der Waals surface area contributed by atoms with Crippen molar-refractivity contribution in [2.75, 3.05) is 0 Å². The van der Waals surface area contributed by atoms with Crippen molar-refractivity contribution in [3.05, 3.63) is 68.8 Å². The van der Waals surface area contributed by atoms with E-state index >= 15 is 0 Å². The molecule has 0 saturated carbocycles. The van der Waals surface area contributed by atoms with Crippen LogP contribution in [0.5, 0.6) is 5.75 Å². The second-order valence-corrected chi connectivity index (χ2v) is 5.56. The van der Waals surface area contributed by atoms with Crippen LogP contribution in [0, 0.1) is 20.2 Å². The van der Waals surface area contributed by atoms with Crippen molar-refractivity contribution in [1.82, 2.24) is 0 Å². The number of non-ortho nitro benzene ring substituents is 1. The van der Waals surface area contributed by atoms with Crippen molar-refractivity contribution >= 4 is 21.5 Å². The molecule has 0 aromatic heterocycles. The molecule has 0 aliphatic rings. The molecule has 10 heteroatoms. The lowest BCUT2D eigenvalue weighted by Gasteiger charge is -2.07. The summed E-state index contributed by atoms with van der Waals surface area (Å²) in [6.07, 6.45) is 0. The molecule has 0 atom stereocenters. The highest BCUT2D eigenvalue weighted by atomic mass is 32.2. The normalized spacial score (nSPS) is 10.9. The minimum Gasteiger partial charge on any atom is -0.372 e. The summed E-state index contributed by atoms with van der Waals surface area (Å²) < 4.78 is 28.8. The van der Waals surface area contributed by atoms with Crippen LogP contribution in [0.3, 0.4) is 0 Å². The molecule has 0 fully saturated rings. The van der Waals surface area contributed by atoms with E-state index in [1.807, 2.05) is 0 Å². The zero-order chi connectivity index (χ0) is 16.3. The lowest BCUT2D eigenvalue weighted by Crippen LogP contribution is -2.10. The summed E-state index contributed by atoms with van der Waals surface area (Å²) in [5, 5.41) is 21.3. The molecule has 0 aliphatic heterocycles. The fourth-order valence-corrected chi connectivity index (χ4v) is 2.52. The Labute approximate surface area is 124 Å². The van der Waals surface area contributed by atoms with Gasteiger partial charge in [0.25, 0.3) is 5.69 Å². The summed E-state index contributed by atoms with van der Waals surface area (Å²) in [5.74, 6) is -0.439. The Morgan fingerprint density at radius 1 is 0.864 bits per heavy atom. The van der Waals surface area contributed by atoms with Gasteiger partial charge in [-0.3, -0.25) is 20.2 Å². The predicted molar refractivity (Wildman–Crippen MR) is 74.0 cm³/mol. The Kier molecular flexibility index (Phi) is 4.04. The highest BCUT2D eigenvalue weighted by Crippen LogP contribution is 2.29. The van der Waals surface area contributed by atoms with Gasteiger partial charge in [0, 0.05) is 18.2 Å². The summed E-state index contributed by atoms with van der Waals surface area (Å²) in [7, 11) is -4.34. The average Bonchev–Trinajstić information content (AvgIpc) is 2.47. The summed E-state index contributed by atoms with van der Waals surface area (Å²) in [5.41, 5.74) is -0.794. The second-order valence-electron chi connectivity index (χ2n) is 4.01. The maximum absolute atomic E-state index is 12.0. The number of nitrogens with zero attached hydrogens (tertiary/aromatic N) is 2. The molecule has 0 radical (unpaired) electrons. The fourth-order valence-electron chi connectivity index (χ4n) is 1.58. The smallest absolute Gasteiger partial charge is 0.339 e. The maximum atomic E-state index is 12.0. The van der Waals surface area contributed by atoms with Crippen LogP contribution < -0.4 is 4.18 Å². The molecular weight excluding hydrogens is 316 g/mol. The van der Waals surface area contributed by atoms with Gasteiger partial charge in [0.2, 0.25) is 5.75 Å². The SMILES string of the molecule is O=[N+]([O-])c1ccc(S(=O)(=O)Oc2ccccc2[N+](=O)[O-])cc1. The molecule has 9 nitrogen and oxygen atoms in total. The largest absolute Gasteiger partial charge is 0.372 e. The first-order valence-corrected chi connectivity index (χ1v) is 7.14. The molecule has 0 amide bonds. The Hall–Kier alpha value is -3.01. The first kappa shape index (κ1) is 15.4. The van der Waals surface area contributed by atoms with Gasteiger partial charge in [0.1, 0.15) is 4.90 Å². The molecule has 0 saturated heterocycles. The van der Waals surface area contributed by atoms with E-state index in [9.17, 15) is 28.6 Å². The van der Waals surface area contributed by atoms with Crippen LogP contribution in [-0.2, 0) is 10.1 Å². The molecule has 0 heterocycles. The number of rotatable bonds is 5. The number of hydrogen-bond acceptors (Lipinski definition) is 7. The number of para-hydroxylation sites is 2. The van der Waals surface area contributed by atoms with Gasteiger partial charge in [-0.15, -0.1) is 0 Å². The van der Waals surface area contributed by atoms with Crippen molar-refractivity contribution < 1.29 is 22.4 Å². The highest BCUT2D eigenvalue weighted by Gasteiger charge is 2.23. The summed E-state index contributed by atoms with van der Waals surface area (Å²) in [4.78, 5) is 19.5. The monoisotopic (exact) mass is 324 g/mol. The first-order valence-electron chi connectivity index (χ1n) is 5.73. The van der Waals surface area contributed by atoms with Gasteiger partial charge in [0.05, 0.1) is 9.85 Å². The zero-order valence-electron chi connectivity index (χ0n) is 10.8. The summed E-state index contributed by atoms with van der Waals surface area (Å²) in [6.45, 7) is 0. The Morgan fingerprint density at radius 3 is 2.00 bits per heavy atom. The van der Waals surface area contributed by atoms with Gasteiger partial charge < -0.3 is 4.18 Å². The third-order valence-corrected chi connectivity index (χ3v) is 3.85. The van der Waals surface area contributed by atoms with E-state index in [2.05, 4.69) is 0 Å². The maximum Gasteiger partial charge on any atom is 0.339 e. The third-order valence-electron chi connectivity index (χ3n) is 2.60. The minimum absolute atomic E-state index is 0.287. The number of nitro groups is 2. The van der Waals surface area contributed by atoms with Gasteiger partial charge in [-0.25, -0.2) is 0 Å². The van der Waals surface area contributed by atoms with Crippen molar-refractivity contribution in [3.63, 3.8) is 0 Å². The third kappa shape index (κ3) is 3.17. The molecule has 2 aromatic rings. The summed E-state index contributed by atoms with van der Waals surface area (Å²) in [6, 6.07) is 8.95. The molecular formula is C12H8N2O7S. The van der Waals surface area contributed by atoms with Crippen LogP contribution in [0.2, 0.25) is 0 Å². The predicted octanol–water partition coefficient (Wildman–Crippen LogP) is 2.27. The standard InChI is InChI=1S/C12H8N2O7S/c15-13(16)9-5-7-10(8-6-9)22(19,20)21-12-4-2-1-3-11(12)14(17)18/h1-8H. The van der Waals surface area contributed by atoms with Crippen LogP contribution in [0.25, 0.3) is 0 Å². The van der Waals surface area contributed by atoms with E-state index in [0.717, 1.165) is 36.4 Å². The van der Waals surface area contributed by atoms with E-state index in [1.165, 1.54) is 12.1 Å². The van der Waals surface area contributed by atoms with Crippen LogP contribution in [0.1, 0.15) is 0 Å². The van der Waals surface area contributed by atoms with Gasteiger partial charge in [-0.2, -0.15) is 8.42 Å². The topological polar surface area (TPSA) is 130 Å². The Bertz CT molecular complexity index is 831. The van der Waals surface area contributed by atoms with Crippen molar-refractivity contribution in [1.29, 1.82) is 0 Å². The Morgan fingerprint density at radius 2 is 1.45 bits per heavy atom. The highest BCUT2D eigenvalue weighted by molar-refractivity contribution is 7.87. The molecule has 2 aromatic carbocycles. The quantitative estimate of drug-likeness (QED) is 0.468. The number of hydrogen-bond donors (Lipinski definition) is 0. The number of benzene rings is 2. The van der Waals surface area contributed by atoms with Crippen molar-refractivity contribution in [2.24, 2.45) is 0 Å². The van der Waals surface area contributed by atoms with Gasteiger partial charge in [0.15, 0.2) is 0 Å². The van der Waals surface area contributed by atoms with E-state index in [-0.39, 0.29) is 10.6 Å². The van der Waals surface area contributed by atoms with Crippen molar-refractivity contribution in [3.8, 4) is 5.75 Å². The molecule has 0 spiro atoms. The van der Waals surface area contributed by atoms with E-state index in [1.54, 1.807) is 0 Å². The molecule has 2 rings (SSSR count). The molecule has 0 bridgehead atoms. The lowest BCUT2D eigenvalue weighted by molar-refractivity contribution is -0.385. The van der Waals surface area contributed by atoms with E-state index < -0.39 is 31.4 Å². The van der Waals surface area contributed by atoms with Crippen LogP contribution in [0.4, 0.5) is 11.4 Å². The van der Waals surface area contributed by atoms with Gasteiger partial charge in [-0.1, -0.05) is 12.1 Å². The molecule has 114 valence electrons. The van der Waals surface area contributed by atoms with Crippen molar-refractivity contribution in [2.45, 2.75) is 4.90 Å². The minimum atomic E-state index is -4.34. The van der Waals surface area contributed by atoms with Gasteiger partial charge >= 0.3 is 15.8 Å². The fraction of sp³-hybridized carbons (Fsp3) is 0. The molecule has 0 unspecified atom stereocenters. The van der Waals surface area contributed by atoms with E-state index in [4.69, 9.17) is 4.18 Å². The lowest BCUT2D eigenvalue weighted by atomic mass is 10.3. The van der Waals surface area contributed by atoms with E-state index in [0.29, 0.717) is 0 Å². The number of nitro benzene ring substituents is 2. The molecule has 0 N–H and O–H groups in total. The second kappa shape index (κ2) is 5.77. The molecule has 22 heavy (non-hydrogen) atoms. The average molecular weight is 324 g/mol. The summed E-state index contributed by atoms with van der Waals surface area (Å²) >= 11 is 0. The zero-order valence-corrected chi connectivity index (χ0v) is 11.6. The molecule has 0 aliphatic carbocycles. The first-order chi connectivity index (χ1) is 10.3. The van der Waals surface area contributed by atoms with Crippen LogP contribution >= 0.6 is 0 Å². The Balaban J connectivity index is 2.36.